The molecule has 5 heterocycles. The van der Waals surface area contributed by atoms with Gasteiger partial charge in [-0.05, 0) is 248 Å². The molecule has 1 saturated heterocycles. The lowest BCUT2D eigenvalue weighted by molar-refractivity contribution is 0.00578. The highest BCUT2D eigenvalue weighted by Gasteiger charge is 2.52. The Kier molecular flexibility index (Phi) is 22.4. The zero-order chi connectivity index (χ0) is 84.8. The number of anilines is 12. The van der Waals surface area contributed by atoms with Gasteiger partial charge < -0.3 is 47.6 Å². The van der Waals surface area contributed by atoms with Gasteiger partial charge >= 0.3 is 7.12 Å². The Hall–Kier alpha value is -13.9. The van der Waals surface area contributed by atoms with Crippen molar-refractivity contribution in [2.75, 3.05) is 19.6 Å². The first kappa shape index (κ1) is 81.4. The van der Waals surface area contributed by atoms with Crippen LogP contribution in [0.5, 0.6) is 0 Å². The number of thiophene rings is 2. The highest BCUT2D eigenvalue weighted by Crippen LogP contribution is 2.49. The zero-order valence-electron chi connectivity index (χ0n) is 70.3. The van der Waals surface area contributed by atoms with Gasteiger partial charge in [0, 0.05) is 141 Å². The van der Waals surface area contributed by atoms with E-state index in [1.54, 1.807) is 0 Å². The highest BCUT2D eigenvalue weighted by molar-refractivity contribution is 9.10. The number of rotatable bonds is 16. The van der Waals surface area contributed by atoms with Gasteiger partial charge in [-0.15, -0.1) is 22.7 Å². The lowest BCUT2D eigenvalue weighted by Crippen LogP contribution is -2.41. The van der Waals surface area contributed by atoms with Gasteiger partial charge in [0.15, 0.2) is 0 Å². The predicted octanol–water partition coefficient (Wildman–Crippen LogP) is 33.9. The number of benzene rings is 18. The predicted molar refractivity (Wildman–Crippen MR) is 548 cm³/mol. The third-order valence-electron chi connectivity index (χ3n) is 24.2. The second-order valence-corrected chi connectivity index (χ2v) is 35.8. The summed E-state index contributed by atoms with van der Waals surface area (Å²) in [5, 5.41) is 9.59. The number of hydrogen-bond donors (Lipinski definition) is 0. The number of halogens is 1. The molecule has 0 atom stereocenters. The van der Waals surface area contributed by atoms with Crippen molar-refractivity contribution in [3.8, 4) is 33.4 Å². The van der Waals surface area contributed by atoms with Crippen LogP contribution in [0.4, 0.5) is 68.2 Å². The fourth-order valence-electron chi connectivity index (χ4n) is 17.3. The van der Waals surface area contributed by atoms with Crippen LogP contribution < -0.4 is 25.1 Å². The number of furan rings is 2. The van der Waals surface area contributed by atoms with Crippen molar-refractivity contribution in [2.24, 2.45) is 0 Å². The minimum absolute atomic E-state index is 0. The summed E-state index contributed by atoms with van der Waals surface area (Å²) in [5.41, 5.74) is 23.5. The molecule has 1 fully saturated rings. The van der Waals surface area contributed by atoms with Gasteiger partial charge in [-0.2, -0.15) is 0 Å². The van der Waals surface area contributed by atoms with E-state index in [2.05, 4.69) is 458 Å². The second-order valence-electron chi connectivity index (χ2n) is 32.7. The van der Waals surface area contributed by atoms with Crippen LogP contribution in [0.1, 0.15) is 27.7 Å². The molecule has 18 aromatic carbocycles. The lowest BCUT2D eigenvalue weighted by atomic mass is 9.78. The monoisotopic (exact) mass is 1760 g/mol. The SMILES string of the molecule is Brc1cc(N(c2ccccc2)c2ccccc2)cc(N(c2ccc(-c3ccccc3)cc2)c2ccc3c(c2)oc2ccccc23)c1.CC1(C)OB(c2ccc3sc4ccccc4c3c2)OC1(C)C.[PH2-].c1ccc(-c2ccc(N(c3cc(-c4ccc5sc6ccccc6c5c4)cc(N(c4ccccc4)c4ccccc4)c3)c3ccc4c(c3)oc3ccccc34)cc2)cc1. The molecular weight excluding hydrogens is 1680 g/mol. The maximum atomic E-state index is 6.50. The minimum Gasteiger partial charge on any atom is -0.577 e. The molecule has 614 valence electrons. The molecule has 4 aromatic heterocycles. The lowest BCUT2D eigenvalue weighted by Gasteiger charge is -2.32. The smallest absolute Gasteiger partial charge is 0.494 e. The van der Waals surface area contributed by atoms with Crippen molar-refractivity contribution in [2.45, 2.75) is 38.9 Å². The fourth-order valence-corrected chi connectivity index (χ4v) is 19.9. The maximum absolute atomic E-state index is 6.50. The maximum Gasteiger partial charge on any atom is 0.494 e. The average Bonchev–Trinajstić information content (AvgIpc) is 1.37. The van der Waals surface area contributed by atoms with Gasteiger partial charge in [0.1, 0.15) is 22.3 Å². The molecule has 1 aliphatic heterocycles. The van der Waals surface area contributed by atoms with Crippen LogP contribution in [-0.2, 0) is 9.31 Å². The molecule has 1 aliphatic rings. The zero-order valence-corrected chi connectivity index (χ0v) is 74.7. The molecule has 13 heteroatoms. The summed E-state index contributed by atoms with van der Waals surface area (Å²) in [7, 11) is -0.298. The van der Waals surface area contributed by atoms with Crippen molar-refractivity contribution >= 4 is 214 Å². The van der Waals surface area contributed by atoms with E-state index in [4.69, 9.17) is 18.1 Å². The molecule has 0 radical (unpaired) electrons. The Morgan fingerprint density at radius 1 is 0.220 bits per heavy atom. The van der Waals surface area contributed by atoms with Crippen LogP contribution in [0.15, 0.2) is 450 Å². The van der Waals surface area contributed by atoms with Crippen LogP contribution >= 0.6 is 48.5 Å². The highest BCUT2D eigenvalue weighted by atomic mass is 79.9. The molecule has 127 heavy (non-hydrogen) atoms. The number of nitrogens with zero attached hydrogens (tertiary/aromatic N) is 4. The van der Waals surface area contributed by atoms with E-state index in [0.717, 1.165) is 133 Å². The molecule has 0 amide bonds. The van der Waals surface area contributed by atoms with Gasteiger partial charge in [-0.25, -0.2) is 0 Å². The normalized spacial score (nSPS) is 12.7. The standard InChI is InChI=1S/C54H36N2OS.C42H29BrN2O.C18H19BO2S.H2P/c1-4-14-37(15-5-1)38-24-27-43(28-25-38)56(44-29-30-48-47-20-10-12-22-51(47)57-52(48)36-44)46-33-40(39-26-31-54-50(34-39)49-21-11-13-23-53(49)58-54)32-45(35-46)55(41-16-6-2-7-17-41)42-18-8-3-9-19-42;43-32-26-37(44(33-14-6-2-7-15-33)34-16-8-3-9-17-34)28-38(27-32)45(35-22-20-31(21-23-35)30-12-4-1-5-13-30)36-24-25-40-39-18-10-11-19-41(39)46-42(40)29-36;1-17(2)18(3,4)21-19(20-17)12-9-10-16-14(11-12)13-7-5-6-8-15(13)22-16;/h1-36H;1-29H;5-11H,1-4H3;1H2/q;;;-1. The third-order valence-corrected chi connectivity index (χ3v) is 27.0. The third kappa shape index (κ3) is 16.3. The topological polar surface area (TPSA) is 57.7 Å². The van der Waals surface area contributed by atoms with E-state index in [1.807, 2.05) is 65.1 Å². The molecule has 0 N–H and O–H groups in total. The van der Waals surface area contributed by atoms with E-state index < -0.39 is 0 Å². The van der Waals surface area contributed by atoms with Crippen molar-refractivity contribution in [1.82, 2.24) is 0 Å². The number of hydrogen-bond acceptors (Lipinski definition) is 10. The molecule has 8 nitrogen and oxygen atoms in total. The fraction of sp³-hybridized carbons (Fsp3) is 0.0526. The Labute approximate surface area is 758 Å². The first-order chi connectivity index (χ1) is 61.8. The average molecular weight is 1760 g/mol. The number of para-hydroxylation sites is 6. The quantitative estimate of drug-likeness (QED) is 0.0701. The Morgan fingerprint density at radius 2 is 0.520 bits per heavy atom. The van der Waals surface area contributed by atoms with E-state index in [0.29, 0.717) is 0 Å². The van der Waals surface area contributed by atoms with Crippen LogP contribution in [0.3, 0.4) is 0 Å². The molecule has 0 unspecified atom stereocenters. The van der Waals surface area contributed by atoms with Gasteiger partial charge in [-0.3, -0.25) is 0 Å². The second kappa shape index (κ2) is 34.9. The van der Waals surface area contributed by atoms with Crippen LogP contribution in [-0.4, -0.2) is 18.3 Å². The van der Waals surface area contributed by atoms with Crippen LogP contribution in [0, 0.1) is 0 Å². The largest absolute Gasteiger partial charge is 0.577 e. The first-order valence-corrected chi connectivity index (χ1v) is 44.9. The summed E-state index contributed by atoms with van der Waals surface area (Å²) in [6, 6.07) is 155. The van der Waals surface area contributed by atoms with Crippen LogP contribution in [0.2, 0.25) is 0 Å². The summed E-state index contributed by atoms with van der Waals surface area (Å²) >= 11 is 7.55. The van der Waals surface area contributed by atoms with E-state index in [-0.39, 0.29) is 28.2 Å². The Bertz CT molecular complexity index is 7610. The van der Waals surface area contributed by atoms with Gasteiger partial charge in [0.2, 0.25) is 0 Å². The van der Waals surface area contributed by atoms with Crippen molar-refractivity contribution < 1.29 is 18.1 Å². The molecular formula is C114H86BBrN4O4PS2-. The van der Waals surface area contributed by atoms with Crippen molar-refractivity contribution in [1.29, 1.82) is 0 Å². The summed E-state index contributed by atoms with van der Waals surface area (Å²) in [6.45, 7) is 8.36. The first-order valence-electron chi connectivity index (χ1n) is 42.5. The summed E-state index contributed by atoms with van der Waals surface area (Å²) in [4.78, 5) is 9.29. The van der Waals surface area contributed by atoms with Crippen molar-refractivity contribution in [3.63, 3.8) is 0 Å². The minimum atomic E-state index is -0.302. The van der Waals surface area contributed by atoms with Crippen molar-refractivity contribution in [3.05, 3.63) is 441 Å². The molecule has 0 bridgehead atoms. The van der Waals surface area contributed by atoms with Crippen LogP contribution in [0.25, 0.3) is 118 Å². The summed E-state index contributed by atoms with van der Waals surface area (Å²) in [6.07, 6.45) is 0. The molecule has 0 aliphatic carbocycles. The molecule has 0 spiro atoms. The molecule has 0 saturated carbocycles. The Morgan fingerprint density at radius 3 is 0.937 bits per heavy atom. The summed E-state index contributed by atoms with van der Waals surface area (Å²) in [5.74, 6) is 0. The van der Waals surface area contributed by atoms with E-state index in [9.17, 15) is 0 Å². The Balaban J connectivity index is 0.000000131. The van der Waals surface area contributed by atoms with E-state index in [1.165, 1.54) is 62.6 Å². The van der Waals surface area contributed by atoms with Gasteiger partial charge in [-0.1, -0.05) is 265 Å². The summed E-state index contributed by atoms with van der Waals surface area (Å²) < 4.78 is 31.4. The van der Waals surface area contributed by atoms with Gasteiger partial charge in [0.05, 0.1) is 11.2 Å². The number of fused-ring (bicyclic) bond motifs is 12. The molecule has 23 rings (SSSR count). The van der Waals surface area contributed by atoms with Gasteiger partial charge in [0.25, 0.3) is 0 Å². The molecule has 22 aromatic rings. The van der Waals surface area contributed by atoms with E-state index >= 15 is 0 Å².